The number of phenolic OH excluding ortho intramolecular Hbond substituents is 1. The second kappa shape index (κ2) is 5.31. The molecule has 2 aromatic rings. The Bertz CT molecular complexity index is 829. The SMILES string of the molecule is O=C(NN=C1CCc2c(O)cccc21)c1ccc2c(c1)OCO2. The minimum atomic E-state index is -0.315. The van der Waals surface area contributed by atoms with Crippen LogP contribution >= 0.6 is 0 Å². The molecule has 1 aliphatic heterocycles. The molecule has 0 unspecified atom stereocenters. The van der Waals surface area contributed by atoms with Crippen molar-refractivity contribution in [3.63, 3.8) is 0 Å². The molecular formula is C17H14N2O4. The van der Waals surface area contributed by atoms with Crippen LogP contribution in [0.2, 0.25) is 0 Å². The van der Waals surface area contributed by atoms with E-state index in [1.165, 1.54) is 0 Å². The van der Waals surface area contributed by atoms with Crippen molar-refractivity contribution in [1.29, 1.82) is 0 Å². The molecule has 6 nitrogen and oxygen atoms in total. The van der Waals surface area contributed by atoms with Gasteiger partial charge in [-0.3, -0.25) is 4.79 Å². The Morgan fingerprint density at radius 2 is 2.00 bits per heavy atom. The number of phenols is 1. The zero-order valence-corrected chi connectivity index (χ0v) is 12.2. The minimum absolute atomic E-state index is 0.170. The topological polar surface area (TPSA) is 80.2 Å². The number of hydrogen-bond acceptors (Lipinski definition) is 5. The Balaban J connectivity index is 1.54. The Kier molecular flexibility index (Phi) is 3.15. The second-order valence-electron chi connectivity index (χ2n) is 5.37. The van der Waals surface area contributed by atoms with Crippen molar-refractivity contribution in [2.75, 3.05) is 6.79 Å². The number of nitrogens with zero attached hydrogens (tertiary/aromatic N) is 1. The molecule has 23 heavy (non-hydrogen) atoms. The van der Waals surface area contributed by atoms with Gasteiger partial charge in [-0.25, -0.2) is 5.43 Å². The van der Waals surface area contributed by atoms with Crippen LogP contribution in [-0.4, -0.2) is 23.5 Å². The van der Waals surface area contributed by atoms with Crippen LogP contribution < -0.4 is 14.9 Å². The van der Waals surface area contributed by atoms with Crippen molar-refractivity contribution < 1.29 is 19.4 Å². The maximum Gasteiger partial charge on any atom is 0.271 e. The van der Waals surface area contributed by atoms with Gasteiger partial charge in [-0.2, -0.15) is 5.10 Å². The zero-order valence-electron chi connectivity index (χ0n) is 12.2. The lowest BCUT2D eigenvalue weighted by atomic mass is 10.1. The molecule has 0 spiro atoms. The van der Waals surface area contributed by atoms with Crippen molar-refractivity contribution in [3.05, 3.63) is 53.1 Å². The summed E-state index contributed by atoms with van der Waals surface area (Å²) >= 11 is 0. The smallest absolute Gasteiger partial charge is 0.271 e. The van der Waals surface area contributed by atoms with Gasteiger partial charge in [0, 0.05) is 16.7 Å². The standard InChI is InChI=1S/C17H14N2O4/c20-14-3-1-2-11-12(14)5-6-13(11)18-19-17(21)10-4-7-15-16(8-10)23-9-22-15/h1-4,7-8,20H,5-6,9H2,(H,19,21). The van der Waals surface area contributed by atoms with E-state index in [1.54, 1.807) is 30.3 Å². The molecule has 2 aliphatic rings. The molecule has 116 valence electrons. The molecule has 0 saturated carbocycles. The van der Waals surface area contributed by atoms with Crippen LogP contribution in [0.25, 0.3) is 0 Å². The fourth-order valence-corrected chi connectivity index (χ4v) is 2.82. The van der Waals surface area contributed by atoms with E-state index in [2.05, 4.69) is 10.5 Å². The third-order valence-electron chi connectivity index (χ3n) is 4.00. The lowest BCUT2D eigenvalue weighted by Crippen LogP contribution is -2.19. The molecule has 1 heterocycles. The third-order valence-corrected chi connectivity index (χ3v) is 4.00. The first-order valence-electron chi connectivity index (χ1n) is 7.30. The van der Waals surface area contributed by atoms with Gasteiger partial charge in [0.2, 0.25) is 6.79 Å². The molecule has 1 aliphatic carbocycles. The highest BCUT2D eigenvalue weighted by molar-refractivity contribution is 6.06. The quantitative estimate of drug-likeness (QED) is 0.833. The molecule has 0 saturated heterocycles. The van der Waals surface area contributed by atoms with Crippen LogP contribution in [0.3, 0.4) is 0 Å². The van der Waals surface area contributed by atoms with Crippen LogP contribution in [0.1, 0.15) is 27.9 Å². The van der Waals surface area contributed by atoms with Gasteiger partial charge >= 0.3 is 0 Å². The fourth-order valence-electron chi connectivity index (χ4n) is 2.82. The van der Waals surface area contributed by atoms with Crippen molar-refractivity contribution in [2.45, 2.75) is 12.8 Å². The average Bonchev–Trinajstić information content (AvgIpc) is 3.19. The molecule has 2 aromatic carbocycles. The van der Waals surface area contributed by atoms with Crippen molar-refractivity contribution >= 4 is 11.6 Å². The number of amides is 1. The predicted molar refractivity (Wildman–Crippen MR) is 83.0 cm³/mol. The fraction of sp³-hybridized carbons (Fsp3) is 0.176. The molecule has 2 N–H and O–H groups in total. The van der Waals surface area contributed by atoms with Gasteiger partial charge in [0.1, 0.15) is 5.75 Å². The molecule has 6 heteroatoms. The van der Waals surface area contributed by atoms with Crippen molar-refractivity contribution in [1.82, 2.24) is 5.43 Å². The van der Waals surface area contributed by atoms with Gasteiger partial charge in [-0.15, -0.1) is 0 Å². The van der Waals surface area contributed by atoms with E-state index in [0.29, 0.717) is 23.5 Å². The first kappa shape index (κ1) is 13.6. The van der Waals surface area contributed by atoms with Crippen LogP contribution in [0.15, 0.2) is 41.5 Å². The highest BCUT2D eigenvalue weighted by atomic mass is 16.7. The maximum atomic E-state index is 12.2. The lowest BCUT2D eigenvalue weighted by molar-refractivity contribution is 0.0954. The summed E-state index contributed by atoms with van der Waals surface area (Å²) in [6, 6.07) is 10.3. The molecular weight excluding hydrogens is 296 g/mol. The Morgan fingerprint density at radius 3 is 2.91 bits per heavy atom. The Labute approximate surface area is 132 Å². The number of hydrazone groups is 1. The highest BCUT2D eigenvalue weighted by Gasteiger charge is 2.21. The van der Waals surface area contributed by atoms with Gasteiger partial charge in [-0.1, -0.05) is 12.1 Å². The zero-order chi connectivity index (χ0) is 15.8. The van der Waals surface area contributed by atoms with E-state index < -0.39 is 0 Å². The molecule has 1 amide bonds. The number of carbonyl (C=O) groups excluding carboxylic acids is 1. The summed E-state index contributed by atoms with van der Waals surface area (Å²) < 4.78 is 10.5. The van der Waals surface area contributed by atoms with Crippen LogP contribution in [0, 0.1) is 0 Å². The molecule has 4 rings (SSSR count). The predicted octanol–water partition coefficient (Wildman–Crippen LogP) is 2.20. The monoisotopic (exact) mass is 310 g/mol. The summed E-state index contributed by atoms with van der Waals surface area (Å²) in [5, 5.41) is 14.0. The van der Waals surface area contributed by atoms with Crippen molar-refractivity contribution in [3.8, 4) is 17.2 Å². The van der Waals surface area contributed by atoms with E-state index in [4.69, 9.17) is 9.47 Å². The summed E-state index contributed by atoms with van der Waals surface area (Å²) in [5.74, 6) is 1.15. The summed E-state index contributed by atoms with van der Waals surface area (Å²) in [5.41, 5.74) is 5.55. The van der Waals surface area contributed by atoms with E-state index >= 15 is 0 Å². The van der Waals surface area contributed by atoms with Gasteiger partial charge in [-0.05, 0) is 37.1 Å². The number of fused-ring (bicyclic) bond motifs is 2. The number of carbonyl (C=O) groups is 1. The van der Waals surface area contributed by atoms with Crippen LogP contribution in [-0.2, 0) is 6.42 Å². The third kappa shape index (κ3) is 2.38. The first-order chi connectivity index (χ1) is 11.2. The molecule has 0 atom stereocenters. The lowest BCUT2D eigenvalue weighted by Gasteiger charge is -2.04. The van der Waals surface area contributed by atoms with E-state index in [0.717, 1.165) is 23.3 Å². The minimum Gasteiger partial charge on any atom is -0.508 e. The Hall–Kier alpha value is -3.02. The van der Waals surface area contributed by atoms with Gasteiger partial charge in [0.15, 0.2) is 11.5 Å². The summed E-state index contributed by atoms with van der Waals surface area (Å²) in [4.78, 5) is 12.2. The maximum absolute atomic E-state index is 12.2. The number of nitrogens with one attached hydrogen (secondary N) is 1. The van der Waals surface area contributed by atoms with Gasteiger partial charge in [0.25, 0.3) is 5.91 Å². The first-order valence-corrected chi connectivity index (χ1v) is 7.30. The van der Waals surface area contributed by atoms with Crippen LogP contribution in [0.5, 0.6) is 17.2 Å². The van der Waals surface area contributed by atoms with Gasteiger partial charge < -0.3 is 14.6 Å². The van der Waals surface area contributed by atoms with E-state index in [9.17, 15) is 9.90 Å². The molecule has 0 aromatic heterocycles. The number of benzene rings is 2. The summed E-state index contributed by atoms with van der Waals surface area (Å²) in [6.45, 7) is 0.170. The largest absolute Gasteiger partial charge is 0.508 e. The average molecular weight is 310 g/mol. The van der Waals surface area contributed by atoms with E-state index in [-0.39, 0.29) is 18.4 Å². The van der Waals surface area contributed by atoms with E-state index in [1.807, 2.05) is 6.07 Å². The van der Waals surface area contributed by atoms with Crippen molar-refractivity contribution in [2.24, 2.45) is 5.10 Å². The highest BCUT2D eigenvalue weighted by Crippen LogP contribution is 2.32. The van der Waals surface area contributed by atoms with Gasteiger partial charge in [0.05, 0.1) is 5.71 Å². The number of rotatable bonds is 2. The number of ether oxygens (including phenoxy) is 2. The molecule has 0 bridgehead atoms. The summed E-state index contributed by atoms with van der Waals surface area (Å²) in [7, 11) is 0. The van der Waals surface area contributed by atoms with Crippen LogP contribution in [0.4, 0.5) is 0 Å². The summed E-state index contributed by atoms with van der Waals surface area (Å²) in [6.07, 6.45) is 1.41. The second-order valence-corrected chi connectivity index (χ2v) is 5.37. The Morgan fingerprint density at radius 1 is 1.13 bits per heavy atom. The normalized spacial score (nSPS) is 16.4. The molecule has 0 fully saturated rings. The molecule has 0 radical (unpaired) electrons. The number of hydrogen-bond donors (Lipinski definition) is 2. The number of aromatic hydroxyl groups is 1.